The van der Waals surface area contributed by atoms with Gasteiger partial charge in [-0.3, -0.25) is 4.99 Å². The first kappa shape index (κ1) is 22.1. The van der Waals surface area contributed by atoms with Crippen LogP contribution in [-0.4, -0.2) is 55.9 Å². The predicted molar refractivity (Wildman–Crippen MR) is 120 cm³/mol. The van der Waals surface area contributed by atoms with Crippen LogP contribution < -0.4 is 10.1 Å². The Morgan fingerprint density at radius 3 is 2.87 bits per heavy atom. The molecule has 2 unspecified atom stereocenters. The summed E-state index contributed by atoms with van der Waals surface area (Å²) in [5, 5.41) is 14.0. The minimum atomic E-state index is -0.690. The molecule has 0 aliphatic carbocycles. The average molecular weight is 412 g/mol. The van der Waals surface area contributed by atoms with Crippen molar-refractivity contribution < 1.29 is 14.6 Å². The van der Waals surface area contributed by atoms with Gasteiger partial charge < -0.3 is 24.8 Å². The van der Waals surface area contributed by atoms with Crippen LogP contribution in [0, 0.1) is 13.8 Å². The second kappa shape index (κ2) is 10.5. The highest BCUT2D eigenvalue weighted by Crippen LogP contribution is 2.26. The lowest BCUT2D eigenvalue weighted by atomic mass is 10.00. The number of guanidine groups is 1. The molecule has 0 spiro atoms. The van der Waals surface area contributed by atoms with Gasteiger partial charge in [0, 0.05) is 13.1 Å². The molecule has 2 aromatic rings. The Bertz CT molecular complexity index is 869. The van der Waals surface area contributed by atoms with Gasteiger partial charge in [0.1, 0.15) is 11.9 Å². The Hall–Kier alpha value is -2.57. The van der Waals surface area contributed by atoms with Gasteiger partial charge in [-0.2, -0.15) is 0 Å². The molecule has 0 saturated carbocycles. The molecule has 2 atom stereocenters. The number of aliphatic hydroxyl groups is 1. The van der Waals surface area contributed by atoms with Crippen LogP contribution >= 0.6 is 0 Å². The molecular formula is C24H33N3O3. The maximum Gasteiger partial charge on any atom is 0.194 e. The van der Waals surface area contributed by atoms with Gasteiger partial charge >= 0.3 is 0 Å². The third-order valence-electron chi connectivity index (χ3n) is 5.37. The second-order valence-electron chi connectivity index (χ2n) is 7.65. The van der Waals surface area contributed by atoms with Crippen LogP contribution in [0.4, 0.5) is 0 Å². The summed E-state index contributed by atoms with van der Waals surface area (Å²) in [6.07, 6.45) is -0.684. The van der Waals surface area contributed by atoms with Crippen LogP contribution in [0.2, 0.25) is 0 Å². The Morgan fingerprint density at radius 2 is 2.13 bits per heavy atom. The van der Waals surface area contributed by atoms with E-state index in [9.17, 15) is 5.11 Å². The highest BCUT2D eigenvalue weighted by molar-refractivity contribution is 5.80. The average Bonchev–Trinajstić information content (AvgIpc) is 2.76. The molecule has 0 aromatic heterocycles. The Balaban J connectivity index is 1.72. The van der Waals surface area contributed by atoms with Gasteiger partial charge in [-0.1, -0.05) is 35.9 Å². The van der Waals surface area contributed by atoms with E-state index in [1.54, 1.807) is 7.11 Å². The number of benzene rings is 2. The summed E-state index contributed by atoms with van der Waals surface area (Å²) >= 11 is 0. The number of morpholine rings is 1. The van der Waals surface area contributed by atoms with Crippen LogP contribution in [0.25, 0.3) is 0 Å². The van der Waals surface area contributed by atoms with Crippen LogP contribution in [0.3, 0.4) is 0 Å². The van der Waals surface area contributed by atoms with Crippen molar-refractivity contribution in [2.45, 2.75) is 33.0 Å². The number of aliphatic hydroxyl groups excluding tert-OH is 1. The molecule has 1 aliphatic rings. The van der Waals surface area contributed by atoms with Crippen molar-refractivity contribution in [3.8, 4) is 5.75 Å². The number of ether oxygens (including phenoxy) is 2. The molecular weight excluding hydrogens is 378 g/mol. The summed E-state index contributed by atoms with van der Waals surface area (Å²) in [5.74, 6) is 1.53. The Labute approximate surface area is 179 Å². The van der Waals surface area contributed by atoms with Gasteiger partial charge in [0.05, 0.1) is 32.9 Å². The molecule has 162 valence electrons. The number of aliphatic imine (C=N–C) groups is 1. The van der Waals surface area contributed by atoms with Crippen molar-refractivity contribution in [1.29, 1.82) is 0 Å². The quantitative estimate of drug-likeness (QED) is 0.563. The molecule has 1 saturated heterocycles. The van der Waals surface area contributed by atoms with Gasteiger partial charge in [0.2, 0.25) is 0 Å². The molecule has 6 nitrogen and oxygen atoms in total. The van der Waals surface area contributed by atoms with Crippen LogP contribution in [0.15, 0.2) is 47.5 Å². The molecule has 3 rings (SSSR count). The largest absolute Gasteiger partial charge is 0.497 e. The van der Waals surface area contributed by atoms with Crippen molar-refractivity contribution in [2.24, 2.45) is 4.99 Å². The molecule has 1 heterocycles. The summed E-state index contributed by atoms with van der Waals surface area (Å²) in [6.45, 7) is 9.47. The van der Waals surface area contributed by atoms with Crippen molar-refractivity contribution >= 4 is 5.96 Å². The number of rotatable bonds is 6. The normalized spacial score (nSPS) is 18.2. The Morgan fingerprint density at radius 1 is 1.30 bits per heavy atom. The first-order chi connectivity index (χ1) is 14.5. The summed E-state index contributed by atoms with van der Waals surface area (Å²) in [5.41, 5.74) is 4.52. The van der Waals surface area contributed by atoms with E-state index in [4.69, 9.17) is 14.5 Å². The van der Waals surface area contributed by atoms with E-state index >= 15 is 0 Å². The SMILES string of the molecule is CCNC(=NCC(O)c1cccc(OC)c1)N1CCOC(c2ccc(C)cc2C)C1. The van der Waals surface area contributed by atoms with Gasteiger partial charge in [-0.05, 0) is 49.6 Å². The number of nitrogens with zero attached hydrogens (tertiary/aromatic N) is 2. The number of methoxy groups -OCH3 is 1. The highest BCUT2D eigenvalue weighted by Gasteiger charge is 2.25. The molecule has 1 aliphatic heterocycles. The van der Waals surface area contributed by atoms with E-state index < -0.39 is 6.10 Å². The highest BCUT2D eigenvalue weighted by atomic mass is 16.5. The number of hydrogen-bond acceptors (Lipinski definition) is 4. The number of hydrogen-bond donors (Lipinski definition) is 2. The topological polar surface area (TPSA) is 66.3 Å². The van der Waals surface area contributed by atoms with Crippen molar-refractivity contribution in [1.82, 2.24) is 10.2 Å². The van der Waals surface area contributed by atoms with Crippen molar-refractivity contribution in [3.05, 3.63) is 64.7 Å². The maximum atomic E-state index is 10.6. The van der Waals surface area contributed by atoms with Crippen molar-refractivity contribution in [3.63, 3.8) is 0 Å². The standard InChI is InChI=1S/C24H33N3O3/c1-5-25-24(26-15-22(28)19-7-6-8-20(14-19)29-4)27-11-12-30-23(16-27)21-10-9-17(2)13-18(21)3/h6-10,13-14,22-23,28H,5,11-12,15-16H2,1-4H3,(H,25,26). The molecule has 1 fully saturated rings. The monoisotopic (exact) mass is 411 g/mol. The lowest BCUT2D eigenvalue weighted by Gasteiger charge is -2.36. The van der Waals surface area contributed by atoms with E-state index in [1.165, 1.54) is 16.7 Å². The third kappa shape index (κ3) is 5.52. The zero-order valence-corrected chi connectivity index (χ0v) is 18.4. The molecule has 0 amide bonds. The lowest BCUT2D eigenvalue weighted by molar-refractivity contribution is -0.00840. The fourth-order valence-electron chi connectivity index (χ4n) is 3.77. The van der Waals surface area contributed by atoms with Crippen molar-refractivity contribution in [2.75, 3.05) is 39.9 Å². The van der Waals surface area contributed by atoms with Gasteiger partial charge in [-0.25, -0.2) is 0 Å². The summed E-state index contributed by atoms with van der Waals surface area (Å²) in [6, 6.07) is 14.0. The minimum Gasteiger partial charge on any atom is -0.497 e. The summed E-state index contributed by atoms with van der Waals surface area (Å²) in [4.78, 5) is 6.94. The summed E-state index contributed by atoms with van der Waals surface area (Å²) in [7, 11) is 1.62. The van der Waals surface area contributed by atoms with E-state index in [0.29, 0.717) is 6.61 Å². The molecule has 0 bridgehead atoms. The molecule has 2 N–H and O–H groups in total. The molecule has 6 heteroatoms. The fourth-order valence-corrected chi connectivity index (χ4v) is 3.77. The fraction of sp³-hybridized carbons (Fsp3) is 0.458. The number of aryl methyl sites for hydroxylation is 2. The van der Waals surface area contributed by atoms with E-state index in [0.717, 1.165) is 36.9 Å². The zero-order chi connectivity index (χ0) is 21.5. The van der Waals surface area contributed by atoms with Crippen LogP contribution in [-0.2, 0) is 4.74 Å². The molecule has 30 heavy (non-hydrogen) atoms. The maximum absolute atomic E-state index is 10.6. The van der Waals surface area contributed by atoms with Crippen LogP contribution in [0.1, 0.15) is 41.4 Å². The van der Waals surface area contributed by atoms with E-state index in [2.05, 4.69) is 49.2 Å². The van der Waals surface area contributed by atoms with Gasteiger partial charge in [0.15, 0.2) is 5.96 Å². The lowest BCUT2D eigenvalue weighted by Crippen LogP contribution is -2.48. The van der Waals surface area contributed by atoms with E-state index in [1.807, 2.05) is 24.3 Å². The first-order valence-electron chi connectivity index (χ1n) is 10.6. The second-order valence-corrected chi connectivity index (χ2v) is 7.65. The molecule has 2 aromatic carbocycles. The van der Waals surface area contributed by atoms with Gasteiger partial charge in [0.25, 0.3) is 0 Å². The molecule has 0 radical (unpaired) electrons. The third-order valence-corrected chi connectivity index (χ3v) is 5.37. The Kier molecular flexibility index (Phi) is 7.71. The minimum absolute atomic E-state index is 0.00603. The van der Waals surface area contributed by atoms with Gasteiger partial charge in [-0.15, -0.1) is 0 Å². The van der Waals surface area contributed by atoms with E-state index in [-0.39, 0.29) is 12.6 Å². The summed E-state index contributed by atoms with van der Waals surface area (Å²) < 4.78 is 11.3. The number of nitrogens with one attached hydrogen (secondary N) is 1. The zero-order valence-electron chi connectivity index (χ0n) is 18.4. The first-order valence-corrected chi connectivity index (χ1v) is 10.6. The smallest absolute Gasteiger partial charge is 0.194 e. The predicted octanol–water partition coefficient (Wildman–Crippen LogP) is 3.38. The van der Waals surface area contributed by atoms with Crippen LogP contribution in [0.5, 0.6) is 5.75 Å².